The Morgan fingerprint density at radius 2 is 2.05 bits per heavy atom. The average molecular weight is 257 g/mol. The lowest BCUT2D eigenvalue weighted by Gasteiger charge is -2.34. The van der Waals surface area contributed by atoms with Gasteiger partial charge in [-0.1, -0.05) is 0 Å². The normalized spacial score (nSPS) is 18.2. The molecule has 1 atom stereocenters. The number of amides is 1. The molecule has 0 aliphatic carbocycles. The van der Waals surface area contributed by atoms with E-state index >= 15 is 0 Å². The van der Waals surface area contributed by atoms with Gasteiger partial charge in [-0.3, -0.25) is 4.79 Å². The molecule has 2 aromatic heterocycles. The van der Waals surface area contributed by atoms with Gasteiger partial charge in [0.15, 0.2) is 12.4 Å². The molecule has 1 aliphatic rings. The molecule has 19 heavy (non-hydrogen) atoms. The number of carbonyl (C=O) groups is 1. The second-order valence-electron chi connectivity index (χ2n) is 4.75. The minimum Gasteiger partial charge on any atom is -0.619 e. The highest BCUT2D eigenvalue weighted by molar-refractivity contribution is 5.94. The second kappa shape index (κ2) is 4.42. The summed E-state index contributed by atoms with van der Waals surface area (Å²) >= 11 is 0. The lowest BCUT2D eigenvalue weighted by atomic mass is 10.1. The molecule has 0 aromatic carbocycles. The Morgan fingerprint density at radius 1 is 1.32 bits per heavy atom. The fraction of sp³-hybridized carbons (Fsp3) is 0.286. The molecular formula is C14H15N3O2. The zero-order valence-electron chi connectivity index (χ0n) is 10.7. The first kappa shape index (κ1) is 11.8. The van der Waals surface area contributed by atoms with Crippen molar-refractivity contribution >= 4 is 5.91 Å². The molecule has 5 heteroatoms. The first-order valence-corrected chi connectivity index (χ1v) is 6.31. The van der Waals surface area contributed by atoms with E-state index < -0.39 is 0 Å². The third kappa shape index (κ3) is 1.97. The predicted molar refractivity (Wildman–Crippen MR) is 69.3 cm³/mol. The number of pyridine rings is 1. The molecule has 3 heterocycles. The van der Waals surface area contributed by atoms with Gasteiger partial charge in [-0.2, -0.15) is 4.73 Å². The fourth-order valence-corrected chi connectivity index (χ4v) is 2.58. The molecule has 5 nitrogen and oxygen atoms in total. The van der Waals surface area contributed by atoms with E-state index in [1.165, 1.54) is 12.4 Å². The van der Waals surface area contributed by atoms with Crippen molar-refractivity contribution in [2.24, 2.45) is 0 Å². The minimum absolute atomic E-state index is 0.0273. The summed E-state index contributed by atoms with van der Waals surface area (Å²) in [6.45, 7) is 3.53. The molecular weight excluding hydrogens is 242 g/mol. The molecule has 0 spiro atoms. The molecule has 0 N–H and O–H groups in total. The largest absolute Gasteiger partial charge is 0.619 e. The van der Waals surface area contributed by atoms with Crippen LogP contribution >= 0.6 is 0 Å². The van der Waals surface area contributed by atoms with Gasteiger partial charge >= 0.3 is 0 Å². The van der Waals surface area contributed by atoms with Crippen LogP contribution in [0.15, 0.2) is 42.9 Å². The molecule has 0 fully saturated rings. The van der Waals surface area contributed by atoms with Crippen molar-refractivity contribution in [2.75, 3.05) is 6.54 Å². The van der Waals surface area contributed by atoms with Gasteiger partial charge in [0.25, 0.3) is 5.91 Å². The molecule has 0 saturated carbocycles. The van der Waals surface area contributed by atoms with E-state index in [2.05, 4.69) is 4.57 Å². The third-order valence-corrected chi connectivity index (χ3v) is 3.65. The van der Waals surface area contributed by atoms with Crippen LogP contribution in [-0.4, -0.2) is 21.9 Å². The van der Waals surface area contributed by atoms with Gasteiger partial charge in [-0.25, -0.2) is 0 Å². The number of rotatable bonds is 1. The summed E-state index contributed by atoms with van der Waals surface area (Å²) in [7, 11) is 0. The smallest absolute Gasteiger partial charge is 0.254 e. The zero-order valence-corrected chi connectivity index (χ0v) is 10.7. The molecule has 0 radical (unpaired) electrons. The van der Waals surface area contributed by atoms with Gasteiger partial charge in [0.05, 0.1) is 11.6 Å². The van der Waals surface area contributed by atoms with Crippen LogP contribution in [-0.2, 0) is 6.54 Å². The number of fused-ring (bicyclic) bond motifs is 1. The van der Waals surface area contributed by atoms with Crippen LogP contribution in [0, 0.1) is 5.21 Å². The van der Waals surface area contributed by atoms with Crippen LogP contribution in [0.4, 0.5) is 0 Å². The van der Waals surface area contributed by atoms with Crippen LogP contribution in [0.2, 0.25) is 0 Å². The number of hydrogen-bond donors (Lipinski definition) is 0. The zero-order chi connectivity index (χ0) is 13.4. The van der Waals surface area contributed by atoms with E-state index in [1.54, 1.807) is 12.1 Å². The van der Waals surface area contributed by atoms with E-state index in [1.807, 2.05) is 30.2 Å². The highest BCUT2D eigenvalue weighted by atomic mass is 16.5. The maximum Gasteiger partial charge on any atom is 0.254 e. The number of nitrogens with zero attached hydrogens (tertiary/aromatic N) is 3. The summed E-state index contributed by atoms with van der Waals surface area (Å²) in [6, 6.07) is 7.23. The van der Waals surface area contributed by atoms with Crippen molar-refractivity contribution in [1.29, 1.82) is 0 Å². The molecule has 3 rings (SSSR count). The van der Waals surface area contributed by atoms with Crippen LogP contribution in [0.25, 0.3) is 0 Å². The first-order chi connectivity index (χ1) is 9.16. The van der Waals surface area contributed by atoms with Gasteiger partial charge in [0.2, 0.25) is 0 Å². The van der Waals surface area contributed by atoms with Crippen molar-refractivity contribution in [2.45, 2.75) is 19.5 Å². The van der Waals surface area contributed by atoms with Gasteiger partial charge in [-0.15, -0.1) is 0 Å². The fourth-order valence-electron chi connectivity index (χ4n) is 2.58. The van der Waals surface area contributed by atoms with E-state index in [-0.39, 0.29) is 11.9 Å². The molecule has 0 saturated heterocycles. The van der Waals surface area contributed by atoms with E-state index in [0.717, 1.165) is 12.2 Å². The maximum atomic E-state index is 12.5. The number of hydrogen-bond acceptors (Lipinski definition) is 2. The van der Waals surface area contributed by atoms with Crippen molar-refractivity contribution in [3.05, 3.63) is 59.3 Å². The summed E-state index contributed by atoms with van der Waals surface area (Å²) in [5.41, 5.74) is 1.70. The van der Waals surface area contributed by atoms with E-state index in [9.17, 15) is 10.0 Å². The highest BCUT2D eigenvalue weighted by Gasteiger charge is 2.28. The highest BCUT2D eigenvalue weighted by Crippen LogP contribution is 2.26. The van der Waals surface area contributed by atoms with Crippen LogP contribution in [0.5, 0.6) is 0 Å². The summed E-state index contributed by atoms with van der Waals surface area (Å²) < 4.78 is 2.85. The number of aromatic nitrogens is 2. The monoisotopic (exact) mass is 257 g/mol. The molecule has 0 bridgehead atoms. The minimum atomic E-state index is -0.0273. The summed E-state index contributed by atoms with van der Waals surface area (Å²) in [4.78, 5) is 14.3. The summed E-state index contributed by atoms with van der Waals surface area (Å²) in [5.74, 6) is -0.0273. The van der Waals surface area contributed by atoms with Crippen molar-refractivity contribution in [1.82, 2.24) is 9.47 Å². The van der Waals surface area contributed by atoms with Crippen molar-refractivity contribution < 1.29 is 9.52 Å². The number of carbonyl (C=O) groups excluding carboxylic acids is 1. The van der Waals surface area contributed by atoms with E-state index in [4.69, 9.17) is 0 Å². The lowest BCUT2D eigenvalue weighted by Crippen LogP contribution is -2.41. The Morgan fingerprint density at radius 3 is 2.79 bits per heavy atom. The SMILES string of the molecule is CC1c2cccn2CCN1C(=O)c1cc[n+]([O-])cc1. The summed E-state index contributed by atoms with van der Waals surface area (Å²) in [6.07, 6.45) is 4.74. The standard InChI is InChI=1S/C14H15N3O2/c1-11-13-3-2-6-15(13)9-10-17(11)14(18)12-4-7-16(19)8-5-12/h2-8,11H,9-10H2,1H3. The Bertz CT molecular complexity index is 603. The molecule has 2 aromatic rings. The van der Waals surface area contributed by atoms with E-state index in [0.29, 0.717) is 16.8 Å². The molecule has 1 amide bonds. The van der Waals surface area contributed by atoms with Crippen molar-refractivity contribution in [3.63, 3.8) is 0 Å². The third-order valence-electron chi connectivity index (χ3n) is 3.65. The Labute approximate surface area is 111 Å². The van der Waals surface area contributed by atoms with Gasteiger partial charge in [0, 0.05) is 37.1 Å². The topological polar surface area (TPSA) is 52.2 Å². The van der Waals surface area contributed by atoms with Crippen molar-refractivity contribution in [3.8, 4) is 0 Å². The van der Waals surface area contributed by atoms with Crippen LogP contribution in [0.1, 0.15) is 29.0 Å². The molecule has 1 aliphatic heterocycles. The molecule has 1 unspecified atom stereocenters. The Hall–Kier alpha value is -2.30. The maximum absolute atomic E-state index is 12.5. The van der Waals surface area contributed by atoms with Crippen LogP contribution < -0.4 is 4.73 Å². The van der Waals surface area contributed by atoms with Gasteiger partial charge in [0.1, 0.15) is 0 Å². The average Bonchev–Trinajstić information content (AvgIpc) is 2.88. The molecule has 98 valence electrons. The second-order valence-corrected chi connectivity index (χ2v) is 4.75. The van der Waals surface area contributed by atoms with Gasteiger partial charge in [-0.05, 0) is 19.1 Å². The first-order valence-electron chi connectivity index (χ1n) is 6.31. The quantitative estimate of drug-likeness (QED) is 0.572. The lowest BCUT2D eigenvalue weighted by molar-refractivity contribution is -0.605. The predicted octanol–water partition coefficient (Wildman–Crippen LogP) is 1.34. The Balaban J connectivity index is 1.87. The van der Waals surface area contributed by atoms with Crippen LogP contribution in [0.3, 0.4) is 0 Å². The summed E-state index contributed by atoms with van der Waals surface area (Å²) in [5, 5.41) is 11.0. The Kier molecular flexibility index (Phi) is 2.74. The van der Waals surface area contributed by atoms with Gasteiger partial charge < -0.3 is 14.7 Å².